The third-order valence-electron chi connectivity index (χ3n) is 3.17. The van der Waals surface area contributed by atoms with Crippen LogP contribution in [0.2, 0.25) is 0 Å². The first-order valence-corrected chi connectivity index (χ1v) is 5.77. The van der Waals surface area contributed by atoms with Crippen LogP contribution in [-0.2, 0) is 0 Å². The number of hydrogen-bond acceptors (Lipinski definition) is 4. The lowest BCUT2D eigenvalue weighted by Gasteiger charge is -2.35. The molecule has 1 aliphatic rings. The predicted octanol–water partition coefficient (Wildman–Crippen LogP) is 0.659. The maximum atomic E-state index is 12.0. The highest BCUT2D eigenvalue weighted by Gasteiger charge is 2.29. The van der Waals surface area contributed by atoms with Gasteiger partial charge >= 0.3 is 0 Å². The van der Waals surface area contributed by atoms with E-state index < -0.39 is 0 Å². The molecule has 1 fully saturated rings. The summed E-state index contributed by atoms with van der Waals surface area (Å²) in [6.07, 6.45) is 4.56. The van der Waals surface area contributed by atoms with Crippen LogP contribution in [-0.4, -0.2) is 34.6 Å². The smallest absolute Gasteiger partial charge is 0.255 e. The van der Waals surface area contributed by atoms with Gasteiger partial charge in [0, 0.05) is 11.7 Å². The van der Waals surface area contributed by atoms with Gasteiger partial charge in [-0.05, 0) is 38.9 Å². The second kappa shape index (κ2) is 4.71. The van der Waals surface area contributed by atoms with Gasteiger partial charge in [-0.2, -0.15) is 0 Å². The van der Waals surface area contributed by atoms with Crippen LogP contribution in [0.5, 0.6) is 5.75 Å². The van der Waals surface area contributed by atoms with Gasteiger partial charge < -0.3 is 15.7 Å². The third-order valence-corrected chi connectivity index (χ3v) is 3.17. The monoisotopic (exact) mass is 235 g/mol. The molecule has 0 radical (unpaired) electrons. The number of nitrogens with zero attached hydrogens (tertiary/aromatic N) is 1. The van der Waals surface area contributed by atoms with E-state index in [-0.39, 0.29) is 22.8 Å². The van der Waals surface area contributed by atoms with Crippen molar-refractivity contribution < 1.29 is 9.90 Å². The first kappa shape index (κ1) is 11.9. The summed E-state index contributed by atoms with van der Waals surface area (Å²) in [5, 5.41) is 15.8. The van der Waals surface area contributed by atoms with E-state index in [1.807, 2.05) is 6.92 Å². The molecule has 92 valence electrons. The lowest BCUT2D eigenvalue weighted by molar-refractivity contribution is 0.0884. The molecule has 0 atom stereocenters. The van der Waals surface area contributed by atoms with Gasteiger partial charge in [0.25, 0.3) is 5.91 Å². The summed E-state index contributed by atoms with van der Waals surface area (Å²) in [6.45, 7) is 3.84. The van der Waals surface area contributed by atoms with Gasteiger partial charge in [-0.15, -0.1) is 0 Å². The number of carbonyl (C=O) groups is 1. The topological polar surface area (TPSA) is 74.2 Å². The van der Waals surface area contributed by atoms with Crippen molar-refractivity contribution in [3.05, 3.63) is 24.0 Å². The van der Waals surface area contributed by atoms with E-state index in [0.29, 0.717) is 0 Å². The molecule has 1 aromatic heterocycles. The molecule has 2 heterocycles. The maximum absolute atomic E-state index is 12.0. The van der Waals surface area contributed by atoms with E-state index >= 15 is 0 Å². The normalized spacial score (nSPS) is 18.6. The Kier molecular flexibility index (Phi) is 3.28. The number of aromatic nitrogens is 1. The van der Waals surface area contributed by atoms with Crippen molar-refractivity contribution in [2.24, 2.45) is 0 Å². The van der Waals surface area contributed by atoms with Gasteiger partial charge in [-0.1, -0.05) is 0 Å². The molecular weight excluding hydrogens is 218 g/mol. The summed E-state index contributed by atoms with van der Waals surface area (Å²) in [5.74, 6) is -0.322. The van der Waals surface area contributed by atoms with Gasteiger partial charge in [0.05, 0.1) is 11.8 Å². The van der Waals surface area contributed by atoms with Crippen molar-refractivity contribution >= 4 is 5.91 Å². The van der Waals surface area contributed by atoms with Crippen LogP contribution in [0, 0.1) is 0 Å². The summed E-state index contributed by atoms with van der Waals surface area (Å²) >= 11 is 0. The summed E-state index contributed by atoms with van der Waals surface area (Å²) in [6, 6.07) is 1.52. The molecular formula is C12H17N3O2. The number of amides is 1. The fourth-order valence-electron chi connectivity index (χ4n) is 2.02. The van der Waals surface area contributed by atoms with Crippen molar-refractivity contribution in [1.29, 1.82) is 0 Å². The molecule has 5 heteroatoms. The maximum Gasteiger partial charge on any atom is 0.255 e. The van der Waals surface area contributed by atoms with E-state index in [2.05, 4.69) is 15.6 Å². The van der Waals surface area contributed by atoms with Crippen molar-refractivity contribution in [1.82, 2.24) is 15.6 Å². The Morgan fingerprint density at radius 2 is 2.24 bits per heavy atom. The van der Waals surface area contributed by atoms with E-state index in [4.69, 9.17) is 0 Å². The molecule has 1 aliphatic heterocycles. The number of hydrogen-bond donors (Lipinski definition) is 3. The fourth-order valence-corrected chi connectivity index (χ4v) is 2.02. The number of aromatic hydroxyl groups is 1. The molecule has 5 nitrogen and oxygen atoms in total. The second-order valence-electron chi connectivity index (χ2n) is 4.66. The molecule has 0 bridgehead atoms. The number of nitrogens with one attached hydrogen (secondary N) is 2. The van der Waals surface area contributed by atoms with Gasteiger partial charge in [-0.25, -0.2) is 0 Å². The van der Waals surface area contributed by atoms with Crippen molar-refractivity contribution in [2.45, 2.75) is 25.3 Å². The Balaban J connectivity index is 2.09. The Morgan fingerprint density at radius 1 is 1.53 bits per heavy atom. The summed E-state index contributed by atoms with van der Waals surface area (Å²) in [5.41, 5.74) is 0.0812. The third kappa shape index (κ3) is 2.74. The molecule has 0 unspecified atom stereocenters. The highest BCUT2D eigenvalue weighted by atomic mass is 16.3. The second-order valence-corrected chi connectivity index (χ2v) is 4.66. The molecule has 1 aromatic rings. The largest absolute Gasteiger partial charge is 0.505 e. The molecule has 0 aliphatic carbocycles. The Bertz CT molecular complexity index is 414. The van der Waals surface area contributed by atoms with Crippen molar-refractivity contribution in [2.75, 3.05) is 13.1 Å². The lowest BCUT2D eigenvalue weighted by Crippen LogP contribution is -2.52. The first-order valence-electron chi connectivity index (χ1n) is 5.77. The number of piperidine rings is 1. The molecule has 2 rings (SSSR count). The first-order chi connectivity index (χ1) is 8.11. The van der Waals surface area contributed by atoms with Crippen LogP contribution in [0.3, 0.4) is 0 Å². The van der Waals surface area contributed by atoms with Gasteiger partial charge in [0.1, 0.15) is 5.75 Å². The Labute approximate surface area is 100 Å². The quantitative estimate of drug-likeness (QED) is 0.704. The van der Waals surface area contributed by atoms with E-state index in [1.165, 1.54) is 18.5 Å². The molecule has 0 aromatic carbocycles. The number of carbonyl (C=O) groups excluding carboxylic acids is 1. The van der Waals surface area contributed by atoms with Crippen molar-refractivity contribution in [3.8, 4) is 5.75 Å². The highest BCUT2D eigenvalue weighted by molar-refractivity contribution is 5.97. The van der Waals surface area contributed by atoms with Crippen LogP contribution >= 0.6 is 0 Å². The van der Waals surface area contributed by atoms with Gasteiger partial charge in [0.2, 0.25) is 0 Å². The van der Waals surface area contributed by atoms with E-state index in [0.717, 1.165) is 25.9 Å². The van der Waals surface area contributed by atoms with Crippen LogP contribution < -0.4 is 10.6 Å². The minimum Gasteiger partial charge on any atom is -0.505 e. The highest BCUT2D eigenvalue weighted by Crippen LogP contribution is 2.20. The summed E-state index contributed by atoms with van der Waals surface area (Å²) in [4.78, 5) is 15.8. The standard InChI is InChI=1S/C12H17N3O2/c1-12(3-6-13-7-4-12)15-11(17)9-2-5-14-8-10(9)16/h2,5,8,13,16H,3-4,6-7H2,1H3,(H,15,17). The average Bonchev–Trinajstić information content (AvgIpc) is 2.29. The molecule has 17 heavy (non-hydrogen) atoms. The summed E-state index contributed by atoms with van der Waals surface area (Å²) < 4.78 is 0. The van der Waals surface area contributed by atoms with E-state index in [1.54, 1.807) is 0 Å². The Morgan fingerprint density at radius 3 is 2.88 bits per heavy atom. The lowest BCUT2D eigenvalue weighted by atomic mass is 9.90. The van der Waals surface area contributed by atoms with Crippen LogP contribution in [0.15, 0.2) is 18.5 Å². The zero-order chi connectivity index (χ0) is 12.3. The molecule has 0 spiro atoms. The van der Waals surface area contributed by atoms with Gasteiger partial charge in [0.15, 0.2) is 0 Å². The minimum absolute atomic E-state index is 0.0810. The number of pyridine rings is 1. The van der Waals surface area contributed by atoms with Crippen LogP contribution in [0.25, 0.3) is 0 Å². The van der Waals surface area contributed by atoms with Gasteiger partial charge in [-0.3, -0.25) is 9.78 Å². The SMILES string of the molecule is CC1(NC(=O)c2ccncc2O)CCNCC1. The zero-order valence-electron chi connectivity index (χ0n) is 9.86. The Hall–Kier alpha value is -1.62. The molecule has 1 saturated heterocycles. The predicted molar refractivity (Wildman–Crippen MR) is 63.9 cm³/mol. The molecule has 1 amide bonds. The number of rotatable bonds is 2. The van der Waals surface area contributed by atoms with Crippen molar-refractivity contribution in [3.63, 3.8) is 0 Å². The van der Waals surface area contributed by atoms with E-state index in [9.17, 15) is 9.90 Å². The average molecular weight is 235 g/mol. The molecule has 3 N–H and O–H groups in total. The molecule has 0 saturated carbocycles. The zero-order valence-corrected chi connectivity index (χ0v) is 9.86. The minimum atomic E-state index is -0.241. The summed E-state index contributed by atoms with van der Waals surface area (Å²) in [7, 11) is 0. The van der Waals surface area contributed by atoms with Crippen LogP contribution in [0.1, 0.15) is 30.1 Å². The fraction of sp³-hybridized carbons (Fsp3) is 0.500. The van der Waals surface area contributed by atoms with Crippen LogP contribution in [0.4, 0.5) is 0 Å².